The lowest BCUT2D eigenvalue weighted by atomic mass is 10.1. The van der Waals surface area contributed by atoms with Crippen molar-refractivity contribution >= 4 is 22.5 Å². The molecule has 5 nitrogen and oxygen atoms in total. The molecule has 3 rings (SSSR count). The smallest absolute Gasteiger partial charge is 0.322 e. The zero-order valence-electron chi connectivity index (χ0n) is 12.6. The molecule has 1 atom stereocenters. The van der Waals surface area contributed by atoms with Crippen molar-refractivity contribution in [3.63, 3.8) is 0 Å². The van der Waals surface area contributed by atoms with Gasteiger partial charge in [-0.25, -0.2) is 9.78 Å². The highest BCUT2D eigenvalue weighted by Crippen LogP contribution is 2.16. The van der Waals surface area contributed by atoms with Crippen molar-refractivity contribution in [1.82, 2.24) is 14.8 Å². The van der Waals surface area contributed by atoms with Crippen molar-refractivity contribution in [3.05, 3.63) is 47.5 Å². The van der Waals surface area contributed by atoms with E-state index in [0.717, 1.165) is 26.2 Å². The lowest BCUT2D eigenvalue weighted by Crippen LogP contribution is -2.54. The first-order valence-corrected chi connectivity index (χ1v) is 8.34. The van der Waals surface area contributed by atoms with Gasteiger partial charge in [0.15, 0.2) is 5.13 Å². The van der Waals surface area contributed by atoms with Crippen LogP contribution in [0.15, 0.2) is 41.9 Å². The van der Waals surface area contributed by atoms with E-state index in [1.165, 1.54) is 16.9 Å². The summed E-state index contributed by atoms with van der Waals surface area (Å²) in [7, 11) is 0. The Bertz CT molecular complexity index is 602. The first kappa shape index (κ1) is 15.0. The van der Waals surface area contributed by atoms with Crippen LogP contribution in [0.25, 0.3) is 0 Å². The summed E-state index contributed by atoms with van der Waals surface area (Å²) in [6.07, 6.45) is 1.70. The Morgan fingerprint density at radius 2 is 2.18 bits per heavy atom. The summed E-state index contributed by atoms with van der Waals surface area (Å²) in [6, 6.07) is 10.8. The molecule has 22 heavy (non-hydrogen) atoms. The monoisotopic (exact) mass is 316 g/mol. The summed E-state index contributed by atoms with van der Waals surface area (Å²) >= 11 is 1.44. The number of benzene rings is 1. The van der Waals surface area contributed by atoms with Crippen molar-refractivity contribution in [2.45, 2.75) is 19.5 Å². The van der Waals surface area contributed by atoms with E-state index in [1.54, 1.807) is 6.20 Å². The minimum Gasteiger partial charge on any atom is -0.322 e. The Labute approximate surface area is 134 Å². The molecular weight excluding hydrogens is 296 g/mol. The summed E-state index contributed by atoms with van der Waals surface area (Å²) in [4.78, 5) is 20.6. The molecule has 1 aliphatic rings. The van der Waals surface area contributed by atoms with Gasteiger partial charge in [0, 0.05) is 43.8 Å². The molecule has 2 amide bonds. The van der Waals surface area contributed by atoms with E-state index in [4.69, 9.17) is 0 Å². The summed E-state index contributed by atoms with van der Waals surface area (Å²) in [6.45, 7) is 5.48. The van der Waals surface area contributed by atoms with Gasteiger partial charge in [-0.1, -0.05) is 30.3 Å². The number of aromatic nitrogens is 1. The molecule has 1 unspecified atom stereocenters. The molecule has 0 radical (unpaired) electrons. The third-order valence-electron chi connectivity index (χ3n) is 3.93. The van der Waals surface area contributed by atoms with E-state index in [-0.39, 0.29) is 6.03 Å². The van der Waals surface area contributed by atoms with Crippen LogP contribution in [-0.2, 0) is 6.54 Å². The lowest BCUT2D eigenvalue weighted by Gasteiger charge is -2.39. The second kappa shape index (κ2) is 6.89. The van der Waals surface area contributed by atoms with E-state index in [1.807, 2.05) is 16.3 Å². The van der Waals surface area contributed by atoms with E-state index in [0.29, 0.717) is 11.2 Å². The van der Waals surface area contributed by atoms with E-state index < -0.39 is 0 Å². The third-order valence-corrected chi connectivity index (χ3v) is 4.62. The summed E-state index contributed by atoms with van der Waals surface area (Å²) in [5, 5.41) is 5.37. The number of anilines is 1. The van der Waals surface area contributed by atoms with E-state index >= 15 is 0 Å². The molecule has 1 saturated heterocycles. The van der Waals surface area contributed by atoms with Gasteiger partial charge in [-0.05, 0) is 12.5 Å². The number of thiazole rings is 1. The normalized spacial score (nSPS) is 19.1. The highest BCUT2D eigenvalue weighted by Gasteiger charge is 2.26. The van der Waals surface area contributed by atoms with Gasteiger partial charge >= 0.3 is 6.03 Å². The van der Waals surface area contributed by atoms with Gasteiger partial charge in [0.1, 0.15) is 0 Å². The second-order valence-electron chi connectivity index (χ2n) is 5.52. The Balaban J connectivity index is 1.54. The number of piperazine rings is 1. The first-order valence-electron chi connectivity index (χ1n) is 7.46. The average Bonchev–Trinajstić information content (AvgIpc) is 3.03. The highest BCUT2D eigenvalue weighted by atomic mass is 32.1. The predicted octanol–water partition coefficient (Wildman–Crippen LogP) is 2.88. The molecule has 1 aromatic heterocycles. The molecule has 0 bridgehead atoms. The van der Waals surface area contributed by atoms with Crippen molar-refractivity contribution in [3.8, 4) is 0 Å². The number of hydrogen-bond acceptors (Lipinski definition) is 4. The van der Waals surface area contributed by atoms with Gasteiger partial charge < -0.3 is 4.90 Å². The fourth-order valence-corrected chi connectivity index (χ4v) is 3.21. The topological polar surface area (TPSA) is 48.5 Å². The zero-order valence-corrected chi connectivity index (χ0v) is 13.4. The molecule has 0 aliphatic carbocycles. The Kier molecular flexibility index (Phi) is 4.70. The van der Waals surface area contributed by atoms with Crippen molar-refractivity contribution in [2.24, 2.45) is 0 Å². The van der Waals surface area contributed by atoms with Crippen molar-refractivity contribution < 1.29 is 4.79 Å². The van der Waals surface area contributed by atoms with Crippen LogP contribution in [0.4, 0.5) is 9.93 Å². The van der Waals surface area contributed by atoms with Gasteiger partial charge in [-0.3, -0.25) is 10.2 Å². The van der Waals surface area contributed by atoms with Gasteiger partial charge in [0.25, 0.3) is 0 Å². The van der Waals surface area contributed by atoms with Crippen LogP contribution >= 0.6 is 11.3 Å². The third kappa shape index (κ3) is 3.64. The van der Waals surface area contributed by atoms with Crippen LogP contribution in [0, 0.1) is 0 Å². The molecular formula is C16H20N4OS. The Hall–Kier alpha value is -1.92. The molecule has 0 saturated carbocycles. The molecule has 0 spiro atoms. The number of nitrogens with zero attached hydrogens (tertiary/aromatic N) is 3. The molecule has 1 aromatic carbocycles. The minimum atomic E-state index is -0.0545. The molecule has 1 N–H and O–H groups in total. The van der Waals surface area contributed by atoms with Crippen molar-refractivity contribution in [2.75, 3.05) is 25.0 Å². The van der Waals surface area contributed by atoms with Gasteiger partial charge in [-0.15, -0.1) is 11.3 Å². The van der Waals surface area contributed by atoms with Crippen LogP contribution in [0.5, 0.6) is 0 Å². The first-order chi connectivity index (χ1) is 10.7. The van der Waals surface area contributed by atoms with Crippen LogP contribution in [0.2, 0.25) is 0 Å². The standard InChI is InChI=1S/C16H20N4OS/c1-13-11-20(16(21)18-15-17-7-10-22-15)9-8-19(13)12-14-5-3-2-4-6-14/h2-7,10,13H,8-9,11-12H2,1H3,(H,17,18,21). The number of carbonyl (C=O) groups is 1. The predicted molar refractivity (Wildman–Crippen MR) is 89.0 cm³/mol. The molecule has 1 fully saturated rings. The molecule has 2 heterocycles. The fourth-order valence-electron chi connectivity index (χ4n) is 2.69. The largest absolute Gasteiger partial charge is 0.323 e. The highest BCUT2D eigenvalue weighted by molar-refractivity contribution is 7.13. The maximum atomic E-state index is 12.2. The Morgan fingerprint density at radius 3 is 2.86 bits per heavy atom. The van der Waals surface area contributed by atoms with E-state index in [2.05, 4.69) is 46.4 Å². The SMILES string of the molecule is CC1CN(C(=O)Nc2nccs2)CCN1Cc1ccccc1. The van der Waals surface area contributed by atoms with Gasteiger partial charge in [0.05, 0.1) is 0 Å². The van der Waals surface area contributed by atoms with Crippen LogP contribution in [0.1, 0.15) is 12.5 Å². The number of carbonyl (C=O) groups excluding carboxylic acids is 1. The number of rotatable bonds is 3. The number of nitrogens with one attached hydrogen (secondary N) is 1. The number of hydrogen-bond donors (Lipinski definition) is 1. The Morgan fingerprint density at radius 1 is 1.36 bits per heavy atom. The van der Waals surface area contributed by atoms with Crippen LogP contribution < -0.4 is 5.32 Å². The maximum Gasteiger partial charge on any atom is 0.323 e. The summed E-state index contributed by atoms with van der Waals surface area (Å²) < 4.78 is 0. The second-order valence-corrected chi connectivity index (χ2v) is 6.41. The van der Waals surface area contributed by atoms with Crippen LogP contribution in [-0.4, -0.2) is 46.5 Å². The molecule has 1 aliphatic heterocycles. The summed E-state index contributed by atoms with van der Waals surface area (Å²) in [5.41, 5.74) is 1.31. The average molecular weight is 316 g/mol. The molecule has 6 heteroatoms. The molecule has 116 valence electrons. The minimum absolute atomic E-state index is 0.0545. The van der Waals surface area contributed by atoms with Gasteiger partial charge in [-0.2, -0.15) is 0 Å². The quantitative estimate of drug-likeness (QED) is 0.947. The molecule has 2 aromatic rings. The zero-order chi connectivity index (χ0) is 15.4. The lowest BCUT2D eigenvalue weighted by molar-refractivity contribution is 0.0975. The number of amides is 2. The van der Waals surface area contributed by atoms with E-state index in [9.17, 15) is 4.79 Å². The van der Waals surface area contributed by atoms with Gasteiger partial charge in [0.2, 0.25) is 0 Å². The fraction of sp³-hybridized carbons (Fsp3) is 0.375. The summed E-state index contributed by atoms with van der Waals surface area (Å²) in [5.74, 6) is 0. The maximum absolute atomic E-state index is 12.2. The number of urea groups is 1. The van der Waals surface area contributed by atoms with Crippen molar-refractivity contribution in [1.29, 1.82) is 0 Å². The van der Waals surface area contributed by atoms with Crippen LogP contribution in [0.3, 0.4) is 0 Å².